The second-order valence-electron chi connectivity index (χ2n) is 5.32. The highest BCUT2D eigenvalue weighted by Crippen LogP contribution is 2.28. The first-order chi connectivity index (χ1) is 9.11. The number of nitrogens with zero attached hydrogens (tertiary/aromatic N) is 1. The number of piperidine rings is 1. The van der Waals surface area contributed by atoms with Gasteiger partial charge in [-0.3, -0.25) is 0 Å². The van der Waals surface area contributed by atoms with Gasteiger partial charge in [-0.05, 0) is 66.9 Å². The summed E-state index contributed by atoms with van der Waals surface area (Å²) in [5.74, 6) is -0.184. The van der Waals surface area contributed by atoms with Crippen LogP contribution >= 0.6 is 15.9 Å². The number of anilines is 1. The lowest BCUT2D eigenvalue weighted by atomic mass is 9.97. The summed E-state index contributed by atoms with van der Waals surface area (Å²) in [6, 6.07) is 6.46. The molecule has 0 bridgehead atoms. The van der Waals surface area contributed by atoms with E-state index < -0.39 is 0 Å². The van der Waals surface area contributed by atoms with E-state index in [1.165, 1.54) is 6.42 Å². The van der Waals surface area contributed by atoms with Crippen LogP contribution in [0.4, 0.5) is 10.1 Å². The normalized spacial score (nSPS) is 23.7. The molecule has 1 N–H and O–H groups in total. The molecule has 2 unspecified atom stereocenters. The third kappa shape index (κ3) is 3.69. The highest BCUT2D eigenvalue weighted by Gasteiger charge is 2.25. The zero-order valence-corrected chi connectivity index (χ0v) is 13.2. The maximum absolute atomic E-state index is 13.6. The molecule has 1 aliphatic heterocycles. The fourth-order valence-corrected chi connectivity index (χ4v) is 3.00. The van der Waals surface area contributed by atoms with E-state index in [0.717, 1.165) is 31.6 Å². The average Bonchev–Trinajstić information content (AvgIpc) is 2.40. The van der Waals surface area contributed by atoms with Gasteiger partial charge in [0, 0.05) is 24.3 Å². The lowest BCUT2D eigenvalue weighted by molar-refractivity contribution is 0.368. The standard InChI is InChI=1S/C15H22BrFN2/c1-3-7-18-12-6-8-19(11(2)9-12)13-4-5-14(16)15(17)10-13/h4-5,10-12,18H,3,6-9H2,1-2H3. The molecule has 1 aromatic carbocycles. The highest BCUT2D eigenvalue weighted by molar-refractivity contribution is 9.10. The van der Waals surface area contributed by atoms with Crippen LogP contribution in [-0.4, -0.2) is 25.2 Å². The predicted molar refractivity (Wildman–Crippen MR) is 82.2 cm³/mol. The minimum Gasteiger partial charge on any atom is -0.369 e. The van der Waals surface area contributed by atoms with E-state index in [1.807, 2.05) is 6.07 Å². The molecular formula is C15H22BrFN2. The molecule has 19 heavy (non-hydrogen) atoms. The zero-order chi connectivity index (χ0) is 13.8. The Balaban J connectivity index is 2.01. The van der Waals surface area contributed by atoms with Crippen LogP contribution in [0.25, 0.3) is 0 Å². The van der Waals surface area contributed by atoms with Crippen LogP contribution in [0.5, 0.6) is 0 Å². The lowest BCUT2D eigenvalue weighted by Crippen LogP contribution is -2.47. The average molecular weight is 329 g/mol. The maximum atomic E-state index is 13.6. The smallest absolute Gasteiger partial charge is 0.139 e. The minimum atomic E-state index is -0.184. The Morgan fingerprint density at radius 2 is 2.26 bits per heavy atom. The van der Waals surface area contributed by atoms with E-state index >= 15 is 0 Å². The van der Waals surface area contributed by atoms with Crippen LogP contribution in [0, 0.1) is 5.82 Å². The summed E-state index contributed by atoms with van der Waals surface area (Å²) in [6.45, 7) is 6.49. The van der Waals surface area contributed by atoms with Crippen LogP contribution < -0.4 is 10.2 Å². The molecule has 1 heterocycles. The van der Waals surface area contributed by atoms with Crippen molar-refractivity contribution < 1.29 is 4.39 Å². The van der Waals surface area contributed by atoms with Crippen molar-refractivity contribution in [1.29, 1.82) is 0 Å². The van der Waals surface area contributed by atoms with E-state index in [4.69, 9.17) is 0 Å². The third-order valence-electron chi connectivity index (χ3n) is 3.79. The molecule has 1 aromatic rings. The molecule has 0 spiro atoms. The third-order valence-corrected chi connectivity index (χ3v) is 4.44. The molecule has 0 aromatic heterocycles. The van der Waals surface area contributed by atoms with Crippen LogP contribution in [0.2, 0.25) is 0 Å². The van der Waals surface area contributed by atoms with Crippen molar-refractivity contribution >= 4 is 21.6 Å². The van der Waals surface area contributed by atoms with Gasteiger partial charge < -0.3 is 10.2 Å². The van der Waals surface area contributed by atoms with Crippen molar-refractivity contribution in [2.24, 2.45) is 0 Å². The quantitative estimate of drug-likeness (QED) is 0.900. The van der Waals surface area contributed by atoms with E-state index in [9.17, 15) is 4.39 Å². The summed E-state index contributed by atoms with van der Waals surface area (Å²) in [5, 5.41) is 3.59. The van der Waals surface area contributed by atoms with Gasteiger partial charge in [-0.1, -0.05) is 6.92 Å². The maximum Gasteiger partial charge on any atom is 0.139 e. The van der Waals surface area contributed by atoms with E-state index in [-0.39, 0.29) is 5.82 Å². The van der Waals surface area contributed by atoms with Gasteiger partial charge in [-0.15, -0.1) is 0 Å². The fourth-order valence-electron chi connectivity index (χ4n) is 2.75. The largest absolute Gasteiger partial charge is 0.369 e. The summed E-state index contributed by atoms with van der Waals surface area (Å²) < 4.78 is 14.1. The van der Waals surface area contributed by atoms with Crippen molar-refractivity contribution in [1.82, 2.24) is 5.32 Å². The van der Waals surface area contributed by atoms with Crippen LogP contribution in [0.1, 0.15) is 33.1 Å². The molecule has 1 fully saturated rings. The summed E-state index contributed by atoms with van der Waals surface area (Å²) in [4.78, 5) is 2.31. The SMILES string of the molecule is CCCNC1CCN(c2ccc(Br)c(F)c2)C(C)C1. The number of hydrogen-bond acceptors (Lipinski definition) is 2. The summed E-state index contributed by atoms with van der Waals surface area (Å²) >= 11 is 3.20. The Labute approximate surface area is 123 Å². The van der Waals surface area contributed by atoms with Crippen LogP contribution in [-0.2, 0) is 0 Å². The molecule has 2 rings (SSSR count). The van der Waals surface area contributed by atoms with Crippen molar-refractivity contribution in [2.45, 2.75) is 45.2 Å². The van der Waals surface area contributed by atoms with Crippen LogP contribution in [0.15, 0.2) is 22.7 Å². The second-order valence-corrected chi connectivity index (χ2v) is 6.17. The lowest BCUT2D eigenvalue weighted by Gasteiger charge is -2.39. The molecule has 4 heteroatoms. The topological polar surface area (TPSA) is 15.3 Å². The van der Waals surface area contributed by atoms with Gasteiger partial charge >= 0.3 is 0 Å². The molecule has 1 saturated heterocycles. The first-order valence-electron chi connectivity index (χ1n) is 7.07. The Bertz CT molecular complexity index is 425. The molecule has 2 nitrogen and oxygen atoms in total. The van der Waals surface area contributed by atoms with Crippen molar-refractivity contribution in [3.63, 3.8) is 0 Å². The number of benzene rings is 1. The number of halogens is 2. The van der Waals surface area contributed by atoms with E-state index in [2.05, 4.69) is 40.0 Å². The summed E-state index contributed by atoms with van der Waals surface area (Å²) in [6.07, 6.45) is 3.42. The molecule has 0 aliphatic carbocycles. The second kappa shape index (κ2) is 6.71. The van der Waals surface area contributed by atoms with Gasteiger partial charge in [0.2, 0.25) is 0 Å². The first-order valence-corrected chi connectivity index (χ1v) is 7.86. The Morgan fingerprint density at radius 1 is 1.47 bits per heavy atom. The van der Waals surface area contributed by atoms with Gasteiger partial charge in [-0.2, -0.15) is 0 Å². The Morgan fingerprint density at radius 3 is 2.89 bits per heavy atom. The molecule has 0 saturated carbocycles. The van der Waals surface area contributed by atoms with Crippen molar-refractivity contribution in [3.05, 3.63) is 28.5 Å². The van der Waals surface area contributed by atoms with Gasteiger partial charge in [0.15, 0.2) is 0 Å². The molecule has 0 radical (unpaired) electrons. The fraction of sp³-hybridized carbons (Fsp3) is 0.600. The molecular weight excluding hydrogens is 307 g/mol. The number of rotatable bonds is 4. The number of hydrogen-bond donors (Lipinski definition) is 1. The van der Waals surface area contributed by atoms with Crippen LogP contribution in [0.3, 0.4) is 0 Å². The molecule has 1 aliphatic rings. The first kappa shape index (κ1) is 14.8. The Hall–Kier alpha value is -0.610. The molecule has 2 atom stereocenters. The monoisotopic (exact) mass is 328 g/mol. The summed E-state index contributed by atoms with van der Waals surface area (Å²) in [5.41, 5.74) is 0.988. The van der Waals surface area contributed by atoms with Gasteiger partial charge in [-0.25, -0.2) is 4.39 Å². The Kier molecular flexibility index (Phi) is 5.22. The zero-order valence-electron chi connectivity index (χ0n) is 11.6. The van der Waals surface area contributed by atoms with Gasteiger partial charge in [0.25, 0.3) is 0 Å². The van der Waals surface area contributed by atoms with E-state index in [0.29, 0.717) is 16.6 Å². The van der Waals surface area contributed by atoms with Crippen molar-refractivity contribution in [3.8, 4) is 0 Å². The summed E-state index contributed by atoms with van der Waals surface area (Å²) in [7, 11) is 0. The molecule has 0 amide bonds. The van der Waals surface area contributed by atoms with Gasteiger partial charge in [0.1, 0.15) is 5.82 Å². The van der Waals surface area contributed by atoms with E-state index in [1.54, 1.807) is 12.1 Å². The molecule has 106 valence electrons. The van der Waals surface area contributed by atoms with Gasteiger partial charge in [0.05, 0.1) is 4.47 Å². The predicted octanol–water partition coefficient (Wildman–Crippen LogP) is 3.95. The minimum absolute atomic E-state index is 0.184. The highest BCUT2D eigenvalue weighted by atomic mass is 79.9. The number of nitrogens with one attached hydrogen (secondary N) is 1. The van der Waals surface area contributed by atoms with Crippen molar-refractivity contribution in [2.75, 3.05) is 18.0 Å².